The lowest BCUT2D eigenvalue weighted by Gasteiger charge is -2.07. The van der Waals surface area contributed by atoms with Gasteiger partial charge in [-0.25, -0.2) is 0 Å². The Morgan fingerprint density at radius 1 is 1.31 bits per heavy atom. The monoisotopic (exact) mass is 184 g/mol. The van der Waals surface area contributed by atoms with Crippen LogP contribution < -0.4 is 16.2 Å². The zero-order chi connectivity index (χ0) is 9.68. The molecule has 1 aromatic carbocycles. The van der Waals surface area contributed by atoms with E-state index in [2.05, 4.69) is 0 Å². The maximum absolute atomic E-state index is 11.7. The number of nitrogens with two attached hydrogens (primary N) is 2. The number of ether oxygens (including phenoxy) is 1. The minimum Gasteiger partial charge on any atom is -0.491 e. The molecule has 72 valence electrons. The van der Waals surface area contributed by atoms with Gasteiger partial charge in [-0.1, -0.05) is 0 Å². The summed E-state index contributed by atoms with van der Waals surface area (Å²) in [5.74, 6) is 0.558. The molecule has 0 saturated carbocycles. The Hall–Kier alpha value is -1.45. The summed E-state index contributed by atoms with van der Waals surface area (Å²) >= 11 is 0. The van der Waals surface area contributed by atoms with E-state index in [-0.39, 0.29) is 6.67 Å². The zero-order valence-corrected chi connectivity index (χ0v) is 7.29. The van der Waals surface area contributed by atoms with E-state index in [1.165, 1.54) is 0 Å². The Labute approximate surface area is 76.5 Å². The molecule has 0 fully saturated rings. The van der Waals surface area contributed by atoms with Crippen LogP contribution in [0.3, 0.4) is 0 Å². The molecule has 0 bridgehead atoms. The number of hydrogen-bond acceptors (Lipinski definition) is 3. The van der Waals surface area contributed by atoms with Gasteiger partial charge in [0.25, 0.3) is 0 Å². The van der Waals surface area contributed by atoms with Crippen molar-refractivity contribution in [3.8, 4) is 5.75 Å². The fourth-order valence-corrected chi connectivity index (χ4v) is 0.935. The van der Waals surface area contributed by atoms with Gasteiger partial charge < -0.3 is 16.2 Å². The number of anilines is 2. The van der Waals surface area contributed by atoms with Crippen molar-refractivity contribution < 1.29 is 9.13 Å². The van der Waals surface area contributed by atoms with Gasteiger partial charge in [0.2, 0.25) is 0 Å². The van der Waals surface area contributed by atoms with Crippen molar-refractivity contribution in [1.29, 1.82) is 0 Å². The lowest BCUT2D eigenvalue weighted by Crippen LogP contribution is -2.01. The number of rotatable bonds is 4. The van der Waals surface area contributed by atoms with Gasteiger partial charge in [0.1, 0.15) is 5.75 Å². The third-order valence-corrected chi connectivity index (χ3v) is 1.57. The van der Waals surface area contributed by atoms with Gasteiger partial charge in [-0.2, -0.15) is 0 Å². The molecule has 0 aliphatic heterocycles. The first-order chi connectivity index (χ1) is 6.24. The summed E-state index contributed by atoms with van der Waals surface area (Å²) in [6, 6.07) is 4.99. The van der Waals surface area contributed by atoms with Crippen LogP contribution >= 0.6 is 0 Å². The molecule has 13 heavy (non-hydrogen) atoms. The van der Waals surface area contributed by atoms with Crippen molar-refractivity contribution in [1.82, 2.24) is 0 Å². The first-order valence-corrected chi connectivity index (χ1v) is 4.08. The average molecular weight is 184 g/mol. The summed E-state index contributed by atoms with van der Waals surface area (Å²) in [6.07, 6.45) is 0.379. The lowest BCUT2D eigenvalue weighted by atomic mass is 10.2. The minimum atomic E-state index is -0.380. The van der Waals surface area contributed by atoms with Crippen molar-refractivity contribution in [2.24, 2.45) is 0 Å². The van der Waals surface area contributed by atoms with E-state index in [9.17, 15) is 4.39 Å². The number of nitrogen functional groups attached to an aromatic ring is 2. The quantitative estimate of drug-likeness (QED) is 0.551. The SMILES string of the molecule is Nc1ccc(OCCCF)c(N)c1. The molecule has 3 nitrogen and oxygen atoms in total. The Balaban J connectivity index is 2.56. The van der Waals surface area contributed by atoms with Crippen LogP contribution in [-0.2, 0) is 0 Å². The van der Waals surface area contributed by atoms with Gasteiger partial charge in [0.15, 0.2) is 0 Å². The van der Waals surface area contributed by atoms with Gasteiger partial charge in [-0.05, 0) is 18.2 Å². The van der Waals surface area contributed by atoms with Crippen LogP contribution in [0.15, 0.2) is 18.2 Å². The van der Waals surface area contributed by atoms with Crippen molar-refractivity contribution in [2.75, 3.05) is 24.7 Å². The zero-order valence-electron chi connectivity index (χ0n) is 7.29. The molecule has 0 aromatic heterocycles. The molecule has 0 spiro atoms. The molecule has 0 atom stereocenters. The van der Waals surface area contributed by atoms with E-state index in [4.69, 9.17) is 16.2 Å². The summed E-state index contributed by atoms with van der Waals surface area (Å²) in [5, 5.41) is 0. The topological polar surface area (TPSA) is 61.3 Å². The fraction of sp³-hybridized carbons (Fsp3) is 0.333. The van der Waals surface area contributed by atoms with Crippen molar-refractivity contribution in [3.05, 3.63) is 18.2 Å². The molecular formula is C9H13FN2O. The standard InChI is InChI=1S/C9H13FN2O/c10-4-1-5-13-9-3-2-7(11)6-8(9)12/h2-3,6H,1,4-5,11-12H2. The number of benzene rings is 1. The number of hydrogen-bond donors (Lipinski definition) is 2. The first kappa shape index (κ1) is 9.64. The van der Waals surface area contributed by atoms with Gasteiger partial charge in [-0.3, -0.25) is 4.39 Å². The molecule has 0 amide bonds. The smallest absolute Gasteiger partial charge is 0.142 e. The summed E-state index contributed by atoms with van der Waals surface area (Å²) in [4.78, 5) is 0. The number of halogens is 1. The highest BCUT2D eigenvalue weighted by molar-refractivity contribution is 5.60. The lowest BCUT2D eigenvalue weighted by molar-refractivity contribution is 0.291. The van der Waals surface area contributed by atoms with Gasteiger partial charge in [-0.15, -0.1) is 0 Å². The highest BCUT2D eigenvalue weighted by Gasteiger charge is 1.99. The molecule has 4 heteroatoms. The maximum atomic E-state index is 11.7. The first-order valence-electron chi connectivity index (χ1n) is 4.08. The molecule has 0 aliphatic carbocycles. The van der Waals surface area contributed by atoms with Crippen molar-refractivity contribution in [3.63, 3.8) is 0 Å². The molecule has 1 rings (SSSR count). The van der Waals surface area contributed by atoms with E-state index in [0.29, 0.717) is 30.2 Å². The average Bonchev–Trinajstić information content (AvgIpc) is 2.09. The van der Waals surface area contributed by atoms with Gasteiger partial charge in [0.05, 0.1) is 19.0 Å². The third kappa shape index (κ3) is 2.82. The van der Waals surface area contributed by atoms with Crippen molar-refractivity contribution >= 4 is 11.4 Å². The van der Waals surface area contributed by atoms with Crippen LogP contribution in [-0.4, -0.2) is 13.3 Å². The summed E-state index contributed by atoms with van der Waals surface area (Å²) < 4.78 is 16.9. The van der Waals surface area contributed by atoms with E-state index in [0.717, 1.165) is 0 Å². The predicted molar refractivity (Wildman–Crippen MR) is 51.4 cm³/mol. The van der Waals surface area contributed by atoms with E-state index in [1.807, 2.05) is 0 Å². The van der Waals surface area contributed by atoms with Crippen LogP contribution in [0.25, 0.3) is 0 Å². The summed E-state index contributed by atoms with van der Waals surface area (Å²) in [6.45, 7) is -0.0422. The van der Waals surface area contributed by atoms with E-state index >= 15 is 0 Å². The molecule has 4 N–H and O–H groups in total. The highest BCUT2D eigenvalue weighted by Crippen LogP contribution is 2.23. The predicted octanol–water partition coefficient (Wildman–Crippen LogP) is 1.59. The highest BCUT2D eigenvalue weighted by atomic mass is 19.1. The van der Waals surface area contributed by atoms with Crippen LogP contribution in [0.5, 0.6) is 5.75 Å². The van der Waals surface area contributed by atoms with Crippen LogP contribution in [0.4, 0.5) is 15.8 Å². The normalized spacial score (nSPS) is 9.92. The molecular weight excluding hydrogens is 171 g/mol. The molecule has 0 saturated heterocycles. The summed E-state index contributed by atoms with van der Waals surface area (Å²) in [5.41, 5.74) is 12.2. The van der Waals surface area contributed by atoms with Crippen LogP contribution in [0.1, 0.15) is 6.42 Å². The second-order valence-electron chi connectivity index (χ2n) is 2.69. The largest absolute Gasteiger partial charge is 0.491 e. The van der Waals surface area contributed by atoms with Gasteiger partial charge >= 0.3 is 0 Å². The molecule has 0 heterocycles. The second kappa shape index (κ2) is 4.54. The second-order valence-corrected chi connectivity index (χ2v) is 2.69. The Bertz CT molecular complexity index is 278. The van der Waals surface area contributed by atoms with E-state index in [1.54, 1.807) is 18.2 Å². The Morgan fingerprint density at radius 3 is 2.69 bits per heavy atom. The molecule has 0 aliphatic rings. The molecule has 0 unspecified atom stereocenters. The minimum absolute atomic E-state index is 0.338. The molecule has 1 aromatic rings. The van der Waals surface area contributed by atoms with Gasteiger partial charge in [0, 0.05) is 12.1 Å². The fourth-order valence-electron chi connectivity index (χ4n) is 0.935. The Morgan fingerprint density at radius 2 is 2.08 bits per heavy atom. The summed E-state index contributed by atoms with van der Waals surface area (Å²) in [7, 11) is 0. The van der Waals surface area contributed by atoms with Crippen LogP contribution in [0, 0.1) is 0 Å². The number of alkyl halides is 1. The van der Waals surface area contributed by atoms with E-state index < -0.39 is 0 Å². The molecule has 0 radical (unpaired) electrons. The van der Waals surface area contributed by atoms with Crippen LogP contribution in [0.2, 0.25) is 0 Å². The van der Waals surface area contributed by atoms with Crippen molar-refractivity contribution in [2.45, 2.75) is 6.42 Å². The third-order valence-electron chi connectivity index (χ3n) is 1.57. The Kier molecular flexibility index (Phi) is 3.37. The maximum Gasteiger partial charge on any atom is 0.142 e.